The van der Waals surface area contributed by atoms with E-state index in [1.807, 2.05) is 0 Å². The number of likely N-dealkylation sites (tertiary alicyclic amines) is 1. The van der Waals surface area contributed by atoms with Crippen LogP contribution in [0.3, 0.4) is 0 Å². The summed E-state index contributed by atoms with van der Waals surface area (Å²) in [5.74, 6) is 3.08. The van der Waals surface area contributed by atoms with Crippen molar-refractivity contribution in [1.29, 1.82) is 0 Å². The molecule has 152 valence electrons. The Balaban J connectivity index is 0.00000196. The molecule has 4 heteroatoms. The van der Waals surface area contributed by atoms with Crippen LogP contribution in [-0.4, -0.2) is 48.0 Å². The summed E-state index contributed by atoms with van der Waals surface area (Å²) in [5, 5.41) is 10.4. The van der Waals surface area contributed by atoms with E-state index in [9.17, 15) is 5.11 Å². The second-order valence-electron chi connectivity index (χ2n) is 10.2. The predicted octanol–water partition coefficient (Wildman–Crippen LogP) is 4.66. The second-order valence-corrected chi connectivity index (χ2v) is 10.2. The van der Waals surface area contributed by atoms with Crippen LogP contribution in [0.1, 0.15) is 78.1 Å². The van der Waals surface area contributed by atoms with Crippen molar-refractivity contribution < 1.29 is 9.84 Å². The Hall–Kier alpha value is 0.170. The van der Waals surface area contributed by atoms with Crippen molar-refractivity contribution in [2.24, 2.45) is 23.2 Å². The van der Waals surface area contributed by atoms with Crippen LogP contribution in [0.4, 0.5) is 0 Å². The van der Waals surface area contributed by atoms with E-state index < -0.39 is 0 Å². The molecule has 1 aliphatic heterocycles. The first-order valence-electron chi connectivity index (χ1n) is 11.0. The normalized spacial score (nSPS) is 43.3. The average Bonchev–Trinajstić information content (AvgIpc) is 2.54. The molecule has 3 unspecified atom stereocenters. The highest BCUT2D eigenvalue weighted by Crippen LogP contribution is 2.61. The van der Waals surface area contributed by atoms with Crippen LogP contribution >= 0.6 is 12.4 Å². The van der Waals surface area contributed by atoms with Gasteiger partial charge in [0, 0.05) is 25.2 Å². The Bertz CT molecular complexity index is 412. The first-order chi connectivity index (χ1) is 12.0. The summed E-state index contributed by atoms with van der Waals surface area (Å²) >= 11 is 0. The summed E-state index contributed by atoms with van der Waals surface area (Å²) in [4.78, 5) is 2.48. The third kappa shape index (κ3) is 4.59. The lowest BCUT2D eigenvalue weighted by molar-refractivity contribution is -0.0754. The van der Waals surface area contributed by atoms with E-state index in [0.29, 0.717) is 24.1 Å². The van der Waals surface area contributed by atoms with Gasteiger partial charge in [-0.15, -0.1) is 12.4 Å². The minimum atomic E-state index is -0.334. The van der Waals surface area contributed by atoms with Gasteiger partial charge >= 0.3 is 0 Å². The maximum Gasteiger partial charge on any atom is 0.0900 e. The number of hydrogen-bond acceptors (Lipinski definition) is 3. The minimum absolute atomic E-state index is 0. The first kappa shape index (κ1) is 20.9. The summed E-state index contributed by atoms with van der Waals surface area (Å²) in [6.07, 6.45) is 13.7. The van der Waals surface area contributed by atoms with Crippen molar-refractivity contribution in [2.45, 2.75) is 96.2 Å². The quantitative estimate of drug-likeness (QED) is 0.647. The van der Waals surface area contributed by atoms with E-state index in [2.05, 4.69) is 18.7 Å². The molecule has 5 aliphatic rings. The molecule has 4 saturated carbocycles. The Morgan fingerprint density at radius 1 is 1.00 bits per heavy atom. The maximum absolute atomic E-state index is 10.4. The highest BCUT2D eigenvalue weighted by Gasteiger charge is 2.50. The fourth-order valence-electron chi connectivity index (χ4n) is 7.23. The number of nitrogens with zero attached hydrogens (tertiary/aromatic N) is 1. The van der Waals surface area contributed by atoms with Gasteiger partial charge in [-0.25, -0.2) is 0 Å². The number of halogens is 1. The van der Waals surface area contributed by atoms with Crippen LogP contribution < -0.4 is 0 Å². The molecule has 26 heavy (non-hydrogen) atoms. The molecule has 0 radical (unpaired) electrons. The second kappa shape index (κ2) is 8.68. The van der Waals surface area contributed by atoms with Gasteiger partial charge < -0.3 is 9.84 Å². The zero-order valence-corrected chi connectivity index (χ0v) is 17.7. The Morgan fingerprint density at radius 3 is 2.08 bits per heavy atom. The summed E-state index contributed by atoms with van der Waals surface area (Å²) < 4.78 is 5.97. The van der Waals surface area contributed by atoms with Gasteiger partial charge in [0.2, 0.25) is 0 Å². The van der Waals surface area contributed by atoms with E-state index in [1.165, 1.54) is 64.2 Å². The number of rotatable bonds is 7. The van der Waals surface area contributed by atoms with Gasteiger partial charge in [-0.3, -0.25) is 4.90 Å². The molecule has 0 aromatic rings. The minimum Gasteiger partial charge on any atom is -0.389 e. The van der Waals surface area contributed by atoms with Crippen LogP contribution in [0, 0.1) is 23.2 Å². The molecule has 5 rings (SSSR count). The lowest BCUT2D eigenvalue weighted by Gasteiger charge is -2.57. The Kier molecular flexibility index (Phi) is 6.97. The van der Waals surface area contributed by atoms with Crippen LogP contribution in [-0.2, 0) is 4.74 Å². The lowest BCUT2D eigenvalue weighted by Crippen LogP contribution is -2.48. The predicted molar refractivity (Wildman–Crippen MR) is 109 cm³/mol. The van der Waals surface area contributed by atoms with Gasteiger partial charge in [0.15, 0.2) is 0 Å². The fourth-order valence-corrected chi connectivity index (χ4v) is 7.23. The SMILES string of the molecule is CC1CCCC(C)N1CC(O)COCCC12CC3CC(CC(C3)C1)C2.Cl. The van der Waals surface area contributed by atoms with Crippen LogP contribution in [0.5, 0.6) is 0 Å². The molecular formula is C22H40ClNO2. The number of aliphatic hydroxyl groups excluding tert-OH is 1. The Morgan fingerprint density at radius 2 is 1.54 bits per heavy atom. The number of hydrogen-bond donors (Lipinski definition) is 1. The van der Waals surface area contributed by atoms with Gasteiger partial charge in [-0.05, 0) is 94.8 Å². The summed E-state index contributed by atoms with van der Waals surface area (Å²) in [7, 11) is 0. The van der Waals surface area contributed by atoms with Gasteiger partial charge in [0.05, 0.1) is 12.7 Å². The van der Waals surface area contributed by atoms with Crippen molar-refractivity contribution in [3.8, 4) is 0 Å². The van der Waals surface area contributed by atoms with E-state index in [0.717, 1.165) is 30.9 Å². The molecule has 1 N–H and O–H groups in total. The zero-order valence-electron chi connectivity index (χ0n) is 16.9. The maximum atomic E-state index is 10.4. The average molecular weight is 386 g/mol. The molecule has 3 nitrogen and oxygen atoms in total. The summed E-state index contributed by atoms with van der Waals surface area (Å²) in [6.45, 7) is 6.75. The number of aliphatic hydroxyl groups is 1. The van der Waals surface area contributed by atoms with E-state index in [1.54, 1.807) is 0 Å². The monoisotopic (exact) mass is 385 g/mol. The molecule has 0 aromatic heterocycles. The van der Waals surface area contributed by atoms with Gasteiger partial charge in [0.25, 0.3) is 0 Å². The summed E-state index contributed by atoms with van der Waals surface area (Å²) in [5.41, 5.74) is 0.607. The molecule has 4 aliphatic carbocycles. The van der Waals surface area contributed by atoms with E-state index >= 15 is 0 Å². The van der Waals surface area contributed by atoms with Crippen LogP contribution in [0.25, 0.3) is 0 Å². The standard InChI is InChI=1S/C22H39NO2.ClH/c1-16-4-3-5-17(2)23(16)14-21(24)15-25-7-6-22-11-18-8-19(12-22)10-20(9-18)13-22;/h16-21,24H,3-15H2,1-2H3;1H. The molecule has 0 aromatic carbocycles. The third-order valence-corrected chi connectivity index (χ3v) is 8.05. The van der Waals surface area contributed by atoms with Crippen molar-refractivity contribution in [3.05, 3.63) is 0 Å². The molecule has 4 bridgehead atoms. The molecule has 0 spiro atoms. The zero-order chi connectivity index (χ0) is 17.4. The van der Waals surface area contributed by atoms with Gasteiger partial charge in [-0.1, -0.05) is 6.42 Å². The van der Waals surface area contributed by atoms with Gasteiger partial charge in [-0.2, -0.15) is 0 Å². The highest BCUT2D eigenvalue weighted by molar-refractivity contribution is 5.85. The van der Waals surface area contributed by atoms with E-state index in [4.69, 9.17) is 4.74 Å². The van der Waals surface area contributed by atoms with Crippen molar-refractivity contribution in [2.75, 3.05) is 19.8 Å². The van der Waals surface area contributed by atoms with Crippen molar-refractivity contribution in [1.82, 2.24) is 4.90 Å². The van der Waals surface area contributed by atoms with Crippen molar-refractivity contribution >= 4 is 12.4 Å². The number of β-amino-alcohol motifs (C(OH)–C–C–N with tert-alkyl or cyclic N) is 1. The molecular weight excluding hydrogens is 346 g/mol. The number of ether oxygens (including phenoxy) is 1. The van der Waals surface area contributed by atoms with Crippen molar-refractivity contribution in [3.63, 3.8) is 0 Å². The number of piperidine rings is 1. The van der Waals surface area contributed by atoms with Crippen LogP contribution in [0.15, 0.2) is 0 Å². The molecule has 3 atom stereocenters. The van der Waals surface area contributed by atoms with Crippen LogP contribution in [0.2, 0.25) is 0 Å². The topological polar surface area (TPSA) is 32.7 Å². The first-order valence-corrected chi connectivity index (χ1v) is 11.0. The molecule has 5 fully saturated rings. The smallest absolute Gasteiger partial charge is 0.0900 e. The lowest BCUT2D eigenvalue weighted by atomic mass is 9.49. The Labute approximate surface area is 166 Å². The summed E-state index contributed by atoms with van der Waals surface area (Å²) in [6, 6.07) is 1.20. The van der Waals surface area contributed by atoms with E-state index in [-0.39, 0.29) is 18.5 Å². The van der Waals surface area contributed by atoms with Gasteiger partial charge in [0.1, 0.15) is 0 Å². The third-order valence-electron chi connectivity index (χ3n) is 8.05. The highest BCUT2D eigenvalue weighted by atomic mass is 35.5. The molecule has 1 saturated heterocycles. The largest absolute Gasteiger partial charge is 0.389 e. The molecule has 1 heterocycles. The fraction of sp³-hybridized carbons (Fsp3) is 1.00. The molecule has 0 amide bonds.